The van der Waals surface area contributed by atoms with Crippen LogP contribution in [0.5, 0.6) is 0 Å². The van der Waals surface area contributed by atoms with Gasteiger partial charge in [-0.05, 0) is 37.5 Å². The first kappa shape index (κ1) is 95.1. The van der Waals surface area contributed by atoms with E-state index in [-0.39, 0.29) is 25.7 Å². The Morgan fingerprint density at radius 1 is 0.278 bits per heavy atom. The molecule has 0 aliphatic rings. The van der Waals surface area contributed by atoms with Crippen molar-refractivity contribution >= 4 is 39.5 Å². The summed E-state index contributed by atoms with van der Waals surface area (Å²) >= 11 is 0. The third kappa shape index (κ3) is 72.2. The van der Waals surface area contributed by atoms with E-state index < -0.39 is 97.5 Å². The highest BCUT2D eigenvalue weighted by Crippen LogP contribution is 2.45. The molecule has 0 fully saturated rings. The molecule has 0 heterocycles. The summed E-state index contributed by atoms with van der Waals surface area (Å²) in [5.41, 5.74) is 0. The summed E-state index contributed by atoms with van der Waals surface area (Å²) in [6.45, 7) is 9.64. The third-order valence-electron chi connectivity index (χ3n) is 18.2. The zero-order valence-corrected chi connectivity index (χ0v) is 65.2. The van der Waals surface area contributed by atoms with Crippen LogP contribution in [0.4, 0.5) is 0 Å². The van der Waals surface area contributed by atoms with E-state index in [2.05, 4.69) is 41.5 Å². The number of unbranched alkanes of at least 4 members (excludes halogenated alkanes) is 47. The summed E-state index contributed by atoms with van der Waals surface area (Å²) in [5, 5.41) is 10.6. The first-order valence-electron chi connectivity index (χ1n) is 40.5. The predicted octanol–water partition coefficient (Wildman–Crippen LogP) is 23.1. The minimum Gasteiger partial charge on any atom is -0.462 e. The van der Waals surface area contributed by atoms with Crippen LogP contribution in [0.3, 0.4) is 0 Å². The van der Waals surface area contributed by atoms with Crippen LogP contribution in [0.15, 0.2) is 0 Å². The van der Waals surface area contributed by atoms with E-state index in [1.165, 1.54) is 225 Å². The second kappa shape index (κ2) is 69.8. The molecule has 0 spiro atoms. The van der Waals surface area contributed by atoms with Crippen LogP contribution >= 0.6 is 15.6 Å². The Balaban J connectivity index is 5.27. The van der Waals surface area contributed by atoms with Crippen LogP contribution in [-0.4, -0.2) is 96.7 Å². The van der Waals surface area contributed by atoms with Gasteiger partial charge in [-0.3, -0.25) is 37.3 Å². The normalized spacial score (nSPS) is 14.0. The van der Waals surface area contributed by atoms with Crippen molar-refractivity contribution in [1.82, 2.24) is 0 Å². The highest BCUT2D eigenvalue weighted by molar-refractivity contribution is 7.47. The SMILES string of the molecule is CCCCCCCCCCCCCCCCCC(=O)O[C@H](COC(=O)CCCCCCCCCCCCCC)COP(=O)(O)OC[C@H](O)COP(=O)(O)OC[C@@H](COC(=O)CCCCCCCCCCCCCCC(C)C)OC(=O)CCCCCCCCCCCCCCC(C)C. The van der Waals surface area contributed by atoms with Crippen LogP contribution in [0.2, 0.25) is 0 Å². The second-order valence-electron chi connectivity index (χ2n) is 29.1. The van der Waals surface area contributed by atoms with Crippen LogP contribution in [0.25, 0.3) is 0 Å². The number of ether oxygens (including phenoxy) is 4. The summed E-state index contributed by atoms with van der Waals surface area (Å²) < 4.78 is 68.7. The van der Waals surface area contributed by atoms with Crippen LogP contribution < -0.4 is 0 Å². The van der Waals surface area contributed by atoms with Gasteiger partial charge in [0.25, 0.3) is 0 Å². The largest absolute Gasteiger partial charge is 0.472 e. The standard InChI is InChI=1S/C78H152O17P2/c1-7-9-11-13-15-17-19-21-22-23-32-38-44-50-56-62-77(82)94-73(66-88-75(80)60-54-48-42-36-30-20-18-16-14-12-10-8-2)68-92-96(84,85)90-64-72(79)65-91-97(86,87)93-69-74(95-78(83)63-57-51-45-39-33-27-25-29-35-41-47-53-59-71(5)6)67-89-76(81)61-55-49-43-37-31-26-24-28-34-40-46-52-58-70(3)4/h70-74,79H,7-69H2,1-6H3,(H,84,85)(H,86,87)/t72-,73+,74+/m0/s1. The summed E-state index contributed by atoms with van der Waals surface area (Å²) in [6, 6.07) is 0. The summed E-state index contributed by atoms with van der Waals surface area (Å²) in [4.78, 5) is 72.9. The van der Waals surface area contributed by atoms with Crippen molar-refractivity contribution < 1.29 is 80.2 Å². The number of carbonyl (C=O) groups excluding carboxylic acids is 4. The van der Waals surface area contributed by atoms with Gasteiger partial charge in [-0.2, -0.15) is 0 Å². The number of rotatable bonds is 77. The van der Waals surface area contributed by atoms with E-state index in [4.69, 9.17) is 37.0 Å². The van der Waals surface area contributed by atoms with Gasteiger partial charge in [0.15, 0.2) is 12.2 Å². The molecule has 0 saturated carbocycles. The van der Waals surface area contributed by atoms with E-state index in [0.717, 1.165) is 102 Å². The van der Waals surface area contributed by atoms with Crippen LogP contribution in [-0.2, 0) is 65.4 Å². The fourth-order valence-corrected chi connectivity index (χ4v) is 13.6. The lowest BCUT2D eigenvalue weighted by Crippen LogP contribution is -2.30. The van der Waals surface area contributed by atoms with E-state index in [0.29, 0.717) is 25.7 Å². The minimum absolute atomic E-state index is 0.107. The fraction of sp³-hybridized carbons (Fsp3) is 0.949. The maximum atomic E-state index is 13.1. The lowest BCUT2D eigenvalue weighted by Gasteiger charge is -2.21. The van der Waals surface area contributed by atoms with Crippen molar-refractivity contribution in [2.45, 2.75) is 426 Å². The molecule has 0 saturated heterocycles. The number of aliphatic hydroxyl groups is 1. The van der Waals surface area contributed by atoms with Gasteiger partial charge in [0, 0.05) is 25.7 Å². The Kier molecular flexibility index (Phi) is 68.4. The van der Waals surface area contributed by atoms with E-state index in [1.807, 2.05) is 0 Å². The smallest absolute Gasteiger partial charge is 0.462 e. The summed E-state index contributed by atoms with van der Waals surface area (Å²) in [6.07, 6.45) is 58.0. The number of phosphoric ester groups is 2. The molecule has 0 aromatic heterocycles. The Labute approximate surface area is 594 Å². The van der Waals surface area contributed by atoms with Gasteiger partial charge >= 0.3 is 39.5 Å². The van der Waals surface area contributed by atoms with Crippen molar-refractivity contribution in [1.29, 1.82) is 0 Å². The molecule has 0 rings (SSSR count). The number of carbonyl (C=O) groups is 4. The maximum absolute atomic E-state index is 13.1. The highest BCUT2D eigenvalue weighted by Gasteiger charge is 2.30. The van der Waals surface area contributed by atoms with Gasteiger partial charge in [0.2, 0.25) is 0 Å². The number of phosphoric acid groups is 2. The molecule has 0 amide bonds. The van der Waals surface area contributed by atoms with E-state index in [9.17, 15) is 43.2 Å². The number of hydrogen-bond donors (Lipinski definition) is 3. The van der Waals surface area contributed by atoms with Gasteiger partial charge in [-0.1, -0.05) is 356 Å². The lowest BCUT2D eigenvalue weighted by molar-refractivity contribution is -0.161. The molecular formula is C78H152O17P2. The van der Waals surface area contributed by atoms with Crippen LogP contribution in [0, 0.1) is 11.8 Å². The molecule has 576 valence electrons. The van der Waals surface area contributed by atoms with Gasteiger partial charge in [0.05, 0.1) is 26.4 Å². The first-order valence-corrected chi connectivity index (χ1v) is 43.5. The van der Waals surface area contributed by atoms with E-state index >= 15 is 0 Å². The van der Waals surface area contributed by atoms with Gasteiger partial charge in [0.1, 0.15) is 19.3 Å². The monoisotopic (exact) mass is 1420 g/mol. The Morgan fingerprint density at radius 3 is 0.701 bits per heavy atom. The predicted molar refractivity (Wildman–Crippen MR) is 395 cm³/mol. The Bertz CT molecular complexity index is 1870. The van der Waals surface area contributed by atoms with Gasteiger partial charge < -0.3 is 33.8 Å². The quantitative estimate of drug-likeness (QED) is 0.0222. The van der Waals surface area contributed by atoms with Crippen molar-refractivity contribution in [2.24, 2.45) is 11.8 Å². The lowest BCUT2D eigenvalue weighted by atomic mass is 10.0. The Hall–Kier alpha value is -1.94. The highest BCUT2D eigenvalue weighted by atomic mass is 31.2. The third-order valence-corrected chi connectivity index (χ3v) is 20.1. The van der Waals surface area contributed by atoms with E-state index in [1.54, 1.807) is 0 Å². The van der Waals surface area contributed by atoms with Gasteiger partial charge in [-0.25, -0.2) is 9.13 Å². The van der Waals surface area contributed by atoms with Crippen molar-refractivity contribution in [3.63, 3.8) is 0 Å². The minimum atomic E-state index is -4.96. The molecule has 5 atom stereocenters. The Morgan fingerprint density at radius 2 is 0.474 bits per heavy atom. The second-order valence-corrected chi connectivity index (χ2v) is 32.0. The van der Waals surface area contributed by atoms with Crippen molar-refractivity contribution in [3.05, 3.63) is 0 Å². The molecule has 0 aliphatic carbocycles. The average molecular weight is 1420 g/mol. The zero-order valence-electron chi connectivity index (χ0n) is 63.4. The molecule has 0 aliphatic heterocycles. The topological polar surface area (TPSA) is 237 Å². The molecule has 97 heavy (non-hydrogen) atoms. The molecule has 3 N–H and O–H groups in total. The van der Waals surface area contributed by atoms with Crippen LogP contribution in [0.1, 0.15) is 408 Å². The first-order chi connectivity index (χ1) is 46.9. The summed E-state index contributed by atoms with van der Waals surface area (Å²) in [7, 11) is -9.92. The molecule has 0 radical (unpaired) electrons. The zero-order chi connectivity index (χ0) is 71.4. The number of aliphatic hydroxyl groups excluding tert-OH is 1. The molecule has 2 unspecified atom stereocenters. The molecule has 0 bridgehead atoms. The summed E-state index contributed by atoms with van der Waals surface area (Å²) in [5.74, 6) is -0.551. The van der Waals surface area contributed by atoms with Crippen molar-refractivity contribution in [3.8, 4) is 0 Å². The molecule has 0 aromatic carbocycles. The molecule has 19 heteroatoms. The maximum Gasteiger partial charge on any atom is 0.472 e. The number of esters is 4. The van der Waals surface area contributed by atoms with Gasteiger partial charge in [-0.15, -0.1) is 0 Å². The molecular weight excluding hydrogens is 1270 g/mol. The molecule has 0 aromatic rings. The molecule has 17 nitrogen and oxygen atoms in total. The average Bonchev–Trinajstić information content (AvgIpc) is 1.01. The fourth-order valence-electron chi connectivity index (χ4n) is 12.0. The number of hydrogen-bond acceptors (Lipinski definition) is 15. The van der Waals surface area contributed by atoms with Crippen molar-refractivity contribution in [2.75, 3.05) is 39.6 Å².